The molecule has 118 valence electrons. The second-order valence-electron chi connectivity index (χ2n) is 5.50. The normalized spacial score (nSPS) is 18.8. The van der Waals surface area contributed by atoms with Crippen LogP contribution < -0.4 is 4.90 Å². The fourth-order valence-electron chi connectivity index (χ4n) is 2.94. The van der Waals surface area contributed by atoms with E-state index >= 15 is 0 Å². The number of fused-ring (bicyclic) bond motifs is 1. The zero-order valence-electron chi connectivity index (χ0n) is 11.9. The second kappa shape index (κ2) is 6.08. The molecular weight excluding hydrogens is 311 g/mol. The molecule has 0 aromatic carbocycles. The molecule has 3 rings (SSSR count). The number of anilines is 1. The van der Waals surface area contributed by atoms with Crippen LogP contribution in [0.4, 0.5) is 10.2 Å². The fourth-order valence-corrected chi connectivity index (χ4v) is 3.11. The largest absolute Gasteiger partial charge is 0.480 e. The predicted octanol–water partition coefficient (Wildman–Crippen LogP) is 2.36. The molecule has 1 aliphatic heterocycles. The molecule has 22 heavy (non-hydrogen) atoms. The SMILES string of the molecule is O=C(O)Cn1ccc2nc(Cl)nc(N3CCCC(CF)C3)c21. The number of piperidine rings is 1. The lowest BCUT2D eigenvalue weighted by atomic mass is 9.99. The summed E-state index contributed by atoms with van der Waals surface area (Å²) in [7, 11) is 0. The summed E-state index contributed by atoms with van der Waals surface area (Å²) in [6.07, 6.45) is 3.38. The molecule has 1 saturated heterocycles. The molecule has 0 saturated carbocycles. The molecular formula is C14H16ClFN4O2. The van der Waals surface area contributed by atoms with E-state index in [2.05, 4.69) is 9.97 Å². The number of rotatable bonds is 4. The number of aliphatic carboxylic acids is 1. The standard InChI is InChI=1S/C14H16ClFN4O2/c15-14-17-10-3-5-19(8-11(21)22)12(10)13(18-14)20-4-1-2-9(6-16)7-20/h3,5,9H,1-2,4,6-8H2,(H,21,22). The van der Waals surface area contributed by atoms with Crippen LogP contribution >= 0.6 is 11.6 Å². The van der Waals surface area contributed by atoms with Crippen molar-refractivity contribution in [3.05, 3.63) is 17.5 Å². The lowest BCUT2D eigenvalue weighted by Crippen LogP contribution is -2.37. The van der Waals surface area contributed by atoms with E-state index in [0.29, 0.717) is 23.4 Å². The van der Waals surface area contributed by atoms with Crippen LogP contribution in [0.2, 0.25) is 5.28 Å². The molecule has 1 N–H and O–H groups in total. The van der Waals surface area contributed by atoms with Gasteiger partial charge in [-0.3, -0.25) is 9.18 Å². The maximum Gasteiger partial charge on any atom is 0.323 e. The van der Waals surface area contributed by atoms with Gasteiger partial charge in [-0.25, -0.2) is 4.98 Å². The third kappa shape index (κ3) is 2.85. The van der Waals surface area contributed by atoms with Gasteiger partial charge in [-0.2, -0.15) is 4.98 Å². The van der Waals surface area contributed by atoms with E-state index in [1.807, 2.05) is 4.90 Å². The van der Waals surface area contributed by atoms with Crippen LogP contribution in [0.15, 0.2) is 12.3 Å². The average molecular weight is 327 g/mol. The molecule has 0 radical (unpaired) electrons. The van der Waals surface area contributed by atoms with Crippen LogP contribution in [0.3, 0.4) is 0 Å². The Morgan fingerprint density at radius 1 is 1.50 bits per heavy atom. The maximum absolute atomic E-state index is 13.0. The monoisotopic (exact) mass is 326 g/mol. The smallest absolute Gasteiger partial charge is 0.323 e. The average Bonchev–Trinajstić information content (AvgIpc) is 2.88. The maximum atomic E-state index is 13.0. The minimum atomic E-state index is -0.946. The Morgan fingerprint density at radius 3 is 3.05 bits per heavy atom. The Bertz CT molecular complexity index is 705. The van der Waals surface area contributed by atoms with Crippen molar-refractivity contribution >= 4 is 34.4 Å². The first-order valence-corrected chi connectivity index (χ1v) is 7.51. The molecule has 3 heterocycles. The van der Waals surface area contributed by atoms with Crippen LogP contribution in [0.1, 0.15) is 12.8 Å². The number of carbonyl (C=O) groups is 1. The number of halogens is 2. The van der Waals surface area contributed by atoms with Gasteiger partial charge in [-0.15, -0.1) is 0 Å². The summed E-state index contributed by atoms with van der Waals surface area (Å²) >= 11 is 5.98. The summed E-state index contributed by atoms with van der Waals surface area (Å²) in [5, 5.41) is 9.14. The third-order valence-corrected chi connectivity index (χ3v) is 4.08. The van der Waals surface area contributed by atoms with E-state index in [9.17, 15) is 9.18 Å². The lowest BCUT2D eigenvalue weighted by molar-refractivity contribution is -0.137. The molecule has 2 aromatic rings. The highest BCUT2D eigenvalue weighted by atomic mass is 35.5. The van der Waals surface area contributed by atoms with E-state index in [1.165, 1.54) is 0 Å². The number of carboxylic acid groups (broad SMARTS) is 1. The van der Waals surface area contributed by atoms with Crippen molar-refractivity contribution in [2.75, 3.05) is 24.7 Å². The summed E-state index contributed by atoms with van der Waals surface area (Å²) in [5.74, 6) is -0.390. The summed E-state index contributed by atoms with van der Waals surface area (Å²) < 4.78 is 14.6. The van der Waals surface area contributed by atoms with Gasteiger partial charge in [0, 0.05) is 25.2 Å². The van der Waals surface area contributed by atoms with Crippen molar-refractivity contribution < 1.29 is 14.3 Å². The Balaban J connectivity index is 2.06. The van der Waals surface area contributed by atoms with Gasteiger partial charge in [0.15, 0.2) is 5.82 Å². The van der Waals surface area contributed by atoms with Crippen LogP contribution in [0.25, 0.3) is 11.0 Å². The van der Waals surface area contributed by atoms with Crippen molar-refractivity contribution in [1.29, 1.82) is 0 Å². The van der Waals surface area contributed by atoms with Gasteiger partial charge in [-0.1, -0.05) is 0 Å². The Hall–Kier alpha value is -1.89. The van der Waals surface area contributed by atoms with E-state index in [1.54, 1.807) is 16.8 Å². The Labute approximate surface area is 131 Å². The van der Waals surface area contributed by atoms with Crippen molar-refractivity contribution in [3.63, 3.8) is 0 Å². The Morgan fingerprint density at radius 2 is 2.32 bits per heavy atom. The first kappa shape index (κ1) is 15.0. The predicted molar refractivity (Wildman–Crippen MR) is 81.1 cm³/mol. The molecule has 0 spiro atoms. The third-order valence-electron chi connectivity index (χ3n) is 3.91. The zero-order valence-corrected chi connectivity index (χ0v) is 12.6. The topological polar surface area (TPSA) is 71.2 Å². The van der Waals surface area contributed by atoms with E-state index < -0.39 is 5.97 Å². The molecule has 0 bridgehead atoms. The summed E-state index contributed by atoms with van der Waals surface area (Å²) in [6, 6.07) is 1.71. The quantitative estimate of drug-likeness (QED) is 0.873. The number of alkyl halides is 1. The van der Waals surface area contributed by atoms with Crippen molar-refractivity contribution in [1.82, 2.24) is 14.5 Å². The second-order valence-corrected chi connectivity index (χ2v) is 5.83. The van der Waals surface area contributed by atoms with Crippen molar-refractivity contribution in [2.24, 2.45) is 5.92 Å². The van der Waals surface area contributed by atoms with Gasteiger partial charge in [0.25, 0.3) is 0 Å². The number of hydrogen-bond donors (Lipinski definition) is 1. The first-order chi connectivity index (χ1) is 10.6. The molecule has 1 atom stereocenters. The summed E-state index contributed by atoms with van der Waals surface area (Å²) in [4.78, 5) is 21.4. The minimum absolute atomic E-state index is 0.0274. The minimum Gasteiger partial charge on any atom is -0.480 e. The highest BCUT2D eigenvalue weighted by molar-refractivity contribution is 6.28. The summed E-state index contributed by atoms with van der Waals surface area (Å²) in [6.45, 7) is 0.755. The Kier molecular flexibility index (Phi) is 4.15. The fraction of sp³-hybridized carbons (Fsp3) is 0.500. The van der Waals surface area contributed by atoms with Gasteiger partial charge >= 0.3 is 5.97 Å². The molecule has 0 aliphatic carbocycles. The lowest BCUT2D eigenvalue weighted by Gasteiger charge is -2.32. The number of nitrogens with zero attached hydrogens (tertiary/aromatic N) is 4. The number of hydrogen-bond acceptors (Lipinski definition) is 4. The molecule has 8 heteroatoms. The van der Waals surface area contributed by atoms with Gasteiger partial charge in [-0.05, 0) is 30.5 Å². The molecule has 1 fully saturated rings. The number of aromatic nitrogens is 3. The van der Waals surface area contributed by atoms with Crippen LogP contribution in [0, 0.1) is 5.92 Å². The van der Waals surface area contributed by atoms with Crippen molar-refractivity contribution in [3.8, 4) is 0 Å². The van der Waals surface area contributed by atoms with Crippen LogP contribution in [-0.2, 0) is 11.3 Å². The molecule has 1 unspecified atom stereocenters. The van der Waals surface area contributed by atoms with Crippen LogP contribution in [0.5, 0.6) is 0 Å². The molecule has 0 amide bonds. The van der Waals surface area contributed by atoms with Gasteiger partial charge in [0.05, 0.1) is 12.2 Å². The first-order valence-electron chi connectivity index (χ1n) is 7.13. The molecule has 1 aliphatic rings. The van der Waals surface area contributed by atoms with Gasteiger partial charge < -0.3 is 14.6 Å². The van der Waals surface area contributed by atoms with Crippen molar-refractivity contribution in [2.45, 2.75) is 19.4 Å². The summed E-state index contributed by atoms with van der Waals surface area (Å²) in [5.41, 5.74) is 1.23. The van der Waals surface area contributed by atoms with E-state index in [0.717, 1.165) is 19.4 Å². The molecule has 2 aromatic heterocycles. The highest BCUT2D eigenvalue weighted by Gasteiger charge is 2.24. The van der Waals surface area contributed by atoms with E-state index in [-0.39, 0.29) is 24.4 Å². The zero-order chi connectivity index (χ0) is 15.7. The van der Waals surface area contributed by atoms with Gasteiger partial charge in [0.2, 0.25) is 5.28 Å². The van der Waals surface area contributed by atoms with E-state index in [4.69, 9.17) is 16.7 Å². The highest BCUT2D eigenvalue weighted by Crippen LogP contribution is 2.30. The van der Waals surface area contributed by atoms with Gasteiger partial charge in [0.1, 0.15) is 12.1 Å². The number of carboxylic acids is 1. The van der Waals surface area contributed by atoms with Crippen LogP contribution in [-0.4, -0.2) is 45.4 Å². The molecule has 6 nitrogen and oxygen atoms in total.